The molecule has 1 aliphatic rings. The van der Waals surface area contributed by atoms with Gasteiger partial charge in [0.15, 0.2) is 33.3 Å². The maximum atomic E-state index is 13.1. The molecule has 0 spiro atoms. The molecule has 142 valence electrons. The Morgan fingerprint density at radius 3 is 2.63 bits per heavy atom. The number of ketones is 1. The van der Waals surface area contributed by atoms with Gasteiger partial charge in [-0.2, -0.15) is 4.39 Å². The van der Waals surface area contributed by atoms with Crippen LogP contribution in [0.2, 0.25) is 0 Å². The quantitative estimate of drug-likeness (QED) is 0.312. The zero-order valence-corrected chi connectivity index (χ0v) is 16.1. The van der Waals surface area contributed by atoms with Crippen molar-refractivity contribution in [3.8, 4) is 0 Å². The number of hydrogen-bond donors (Lipinski definition) is 1. The van der Waals surface area contributed by atoms with Crippen molar-refractivity contribution in [1.29, 1.82) is 0 Å². The number of nitrogens with zero attached hydrogens (tertiary/aromatic N) is 2. The number of amides is 1. The number of aromatic nitrogens is 1. The van der Waals surface area contributed by atoms with Gasteiger partial charge in [0.25, 0.3) is 5.91 Å². The van der Waals surface area contributed by atoms with E-state index >= 15 is 0 Å². The van der Waals surface area contributed by atoms with E-state index in [1.807, 2.05) is 0 Å². The van der Waals surface area contributed by atoms with E-state index in [9.17, 15) is 18.2 Å². The van der Waals surface area contributed by atoms with E-state index < -0.39 is 21.8 Å². The molecule has 10 heteroatoms. The summed E-state index contributed by atoms with van der Waals surface area (Å²) in [5.41, 5.74) is 0.316. The molecule has 3 rings (SSSR count). The van der Waals surface area contributed by atoms with E-state index in [1.54, 1.807) is 24.3 Å². The van der Waals surface area contributed by atoms with Crippen LogP contribution in [-0.2, 0) is 29.4 Å². The number of halogens is 1. The highest BCUT2D eigenvalue weighted by atomic mass is 32.2. The third-order valence-corrected chi connectivity index (χ3v) is 6.30. The van der Waals surface area contributed by atoms with Crippen LogP contribution >= 0.6 is 11.3 Å². The molecule has 7 nitrogen and oxygen atoms in total. The Kier molecular flexibility index (Phi) is 6.07. The van der Waals surface area contributed by atoms with Gasteiger partial charge in [0.05, 0.1) is 6.20 Å². The van der Waals surface area contributed by atoms with Crippen LogP contribution in [0.25, 0.3) is 0 Å². The number of hydrogen-bond acceptors (Lipinski definition) is 7. The van der Waals surface area contributed by atoms with E-state index in [0.717, 1.165) is 19.0 Å². The van der Waals surface area contributed by atoms with Gasteiger partial charge < -0.3 is 4.84 Å². The van der Waals surface area contributed by atoms with Gasteiger partial charge in [-0.1, -0.05) is 16.5 Å². The smallest absolute Gasteiger partial charge is 0.280 e. The second-order valence-electron chi connectivity index (χ2n) is 5.94. The Balaban J connectivity index is 1.80. The lowest BCUT2D eigenvalue weighted by Crippen LogP contribution is -2.24. The van der Waals surface area contributed by atoms with Crippen molar-refractivity contribution in [2.75, 3.05) is 11.9 Å². The van der Waals surface area contributed by atoms with Crippen LogP contribution in [-0.4, -0.2) is 34.2 Å². The summed E-state index contributed by atoms with van der Waals surface area (Å²) in [7, 11) is -1.44. The second-order valence-corrected chi connectivity index (χ2v) is 8.82. The minimum atomic E-state index is -1.44. The molecule has 1 aromatic carbocycles. The number of benzene rings is 1. The zero-order valence-electron chi connectivity index (χ0n) is 14.3. The number of nitrogens with one attached hydrogen (secondary N) is 1. The molecule has 1 N–H and O–H groups in total. The molecule has 0 saturated heterocycles. The lowest BCUT2D eigenvalue weighted by molar-refractivity contribution is -0.121. The second kappa shape index (κ2) is 8.49. The molecule has 1 aromatic heterocycles. The van der Waals surface area contributed by atoms with Crippen molar-refractivity contribution in [3.63, 3.8) is 0 Å². The van der Waals surface area contributed by atoms with Crippen LogP contribution in [0.1, 0.15) is 25.3 Å². The maximum Gasteiger partial charge on any atom is 0.280 e. The van der Waals surface area contributed by atoms with E-state index in [-0.39, 0.29) is 28.5 Å². The Morgan fingerprint density at radius 1 is 1.37 bits per heavy atom. The third kappa shape index (κ3) is 5.27. The van der Waals surface area contributed by atoms with Crippen molar-refractivity contribution >= 4 is 44.7 Å². The van der Waals surface area contributed by atoms with Crippen molar-refractivity contribution < 1.29 is 23.0 Å². The monoisotopic (exact) mass is 410 g/mol. The van der Waals surface area contributed by atoms with Crippen molar-refractivity contribution in [1.82, 2.24) is 4.98 Å². The largest absolute Gasteiger partial charge is 0.387 e. The van der Waals surface area contributed by atoms with Gasteiger partial charge in [0, 0.05) is 5.56 Å². The van der Waals surface area contributed by atoms with Gasteiger partial charge in [0.2, 0.25) is 0 Å². The molecule has 1 aliphatic carbocycles. The highest BCUT2D eigenvalue weighted by Gasteiger charge is 2.35. The van der Waals surface area contributed by atoms with Crippen LogP contribution in [0.3, 0.4) is 0 Å². The number of Topliss-reactive ketones (excluding diaryl/α,β-unsaturated/α-hetero) is 1. The standard InChI is InChI=1S/C17H16FN3O4S2/c1-10(22)9-25-21-15(16(23)20-17-19-8-14(18)26-17)11-2-4-12(5-3-11)27(24)13-6-7-13/h2-5,8,13H,6-7,9H2,1H3,(H,19,20,23)/p+1/b21-15+. The predicted octanol–water partition coefficient (Wildman–Crippen LogP) is 2.45. The van der Waals surface area contributed by atoms with Crippen LogP contribution in [0, 0.1) is 5.13 Å². The molecule has 1 atom stereocenters. The molecule has 0 radical (unpaired) electrons. The number of carbonyl (C=O) groups excluding carboxylic acids is 2. The molecule has 0 aliphatic heterocycles. The normalized spacial score (nSPS) is 15.3. The summed E-state index contributed by atoms with van der Waals surface area (Å²) >= 11 is 0.676. The first-order valence-corrected chi connectivity index (χ1v) is 10.3. The molecule has 0 bridgehead atoms. The zero-order chi connectivity index (χ0) is 19.4. The van der Waals surface area contributed by atoms with Gasteiger partial charge >= 0.3 is 0 Å². The fourth-order valence-electron chi connectivity index (χ4n) is 2.17. The average Bonchev–Trinajstić information content (AvgIpc) is 3.41. The SMILES string of the molecule is CC(=O)CO/N=C(/C(=O)Nc1ncc(F)s1)c1ccc([SH+](=O)C2CC2)cc1. The van der Waals surface area contributed by atoms with Gasteiger partial charge in [-0.15, -0.1) is 4.21 Å². The molecule has 1 heterocycles. The number of rotatable bonds is 8. The van der Waals surface area contributed by atoms with Crippen LogP contribution in [0.4, 0.5) is 9.52 Å². The number of carbonyl (C=O) groups is 2. The summed E-state index contributed by atoms with van der Waals surface area (Å²) in [5.74, 6) is -0.912. The van der Waals surface area contributed by atoms with Crippen LogP contribution < -0.4 is 5.32 Å². The first-order valence-electron chi connectivity index (χ1n) is 8.13. The highest BCUT2D eigenvalue weighted by molar-refractivity contribution is 7.86. The minimum absolute atomic E-state index is 0.0743. The molecule has 2 aromatic rings. The summed E-state index contributed by atoms with van der Waals surface area (Å²) in [5, 5.41) is 5.97. The van der Waals surface area contributed by atoms with Gasteiger partial charge in [-0.25, -0.2) is 4.98 Å². The number of thiazole rings is 1. The Morgan fingerprint density at radius 2 is 2.07 bits per heavy atom. The van der Waals surface area contributed by atoms with Crippen LogP contribution in [0.5, 0.6) is 0 Å². The maximum absolute atomic E-state index is 13.1. The van der Waals surface area contributed by atoms with Crippen molar-refractivity contribution in [2.24, 2.45) is 5.16 Å². The van der Waals surface area contributed by atoms with Gasteiger partial charge in [0.1, 0.15) is 16.0 Å². The summed E-state index contributed by atoms with van der Waals surface area (Å²) in [6, 6.07) is 6.60. The molecule has 1 saturated carbocycles. The fourth-order valence-corrected chi connectivity index (χ4v) is 4.19. The van der Waals surface area contributed by atoms with Crippen LogP contribution in [0.15, 0.2) is 40.5 Å². The summed E-state index contributed by atoms with van der Waals surface area (Å²) in [6.45, 7) is 1.05. The van der Waals surface area contributed by atoms with E-state index in [0.29, 0.717) is 21.8 Å². The summed E-state index contributed by atoms with van der Waals surface area (Å²) in [4.78, 5) is 32.9. The number of oxime groups is 1. The molecular weight excluding hydrogens is 393 g/mol. The van der Waals surface area contributed by atoms with E-state index in [1.165, 1.54) is 6.92 Å². The van der Waals surface area contributed by atoms with Crippen molar-refractivity contribution in [3.05, 3.63) is 41.2 Å². The molecule has 1 amide bonds. The lowest BCUT2D eigenvalue weighted by Gasteiger charge is -2.06. The fraction of sp³-hybridized carbons (Fsp3) is 0.294. The lowest BCUT2D eigenvalue weighted by atomic mass is 10.1. The molecular formula is C17H17FN3O4S2+. The summed E-state index contributed by atoms with van der Waals surface area (Å²) in [6.07, 6.45) is 2.93. The molecule has 1 unspecified atom stereocenters. The van der Waals surface area contributed by atoms with Gasteiger partial charge in [-0.3, -0.25) is 14.9 Å². The molecule has 27 heavy (non-hydrogen) atoms. The first kappa shape index (κ1) is 19.3. The molecule has 1 fully saturated rings. The number of anilines is 1. The van der Waals surface area contributed by atoms with E-state index in [2.05, 4.69) is 15.5 Å². The Bertz CT molecular complexity index is 907. The predicted molar refractivity (Wildman–Crippen MR) is 101 cm³/mol. The highest BCUT2D eigenvalue weighted by Crippen LogP contribution is 2.30. The Labute approximate surface area is 161 Å². The topological polar surface area (TPSA) is 97.7 Å². The van der Waals surface area contributed by atoms with Gasteiger partial charge in [-0.05, 0) is 44.0 Å². The minimum Gasteiger partial charge on any atom is -0.387 e. The summed E-state index contributed by atoms with van der Waals surface area (Å²) < 4.78 is 25.3. The van der Waals surface area contributed by atoms with E-state index in [4.69, 9.17) is 4.84 Å². The number of thiol groups is 1. The third-order valence-electron chi connectivity index (χ3n) is 3.61. The Hall–Kier alpha value is -2.46. The van der Waals surface area contributed by atoms with Crippen molar-refractivity contribution in [2.45, 2.75) is 29.9 Å². The first-order chi connectivity index (χ1) is 12.9. The average molecular weight is 410 g/mol.